The third-order valence-corrected chi connectivity index (χ3v) is 5.60. The molecule has 5 heteroatoms. The smallest absolute Gasteiger partial charge is 0.326 e. The van der Waals surface area contributed by atoms with Crippen molar-refractivity contribution in [3.05, 3.63) is 36.0 Å². The fraction of sp³-hybridized carbons (Fsp3) is 0.545. The lowest BCUT2D eigenvalue weighted by atomic mass is 9.86. The summed E-state index contributed by atoms with van der Waals surface area (Å²) in [6.07, 6.45) is 8.25. The summed E-state index contributed by atoms with van der Waals surface area (Å²) in [5, 5.41) is 13.1. The Morgan fingerprint density at radius 2 is 1.85 bits per heavy atom. The monoisotopic (exact) mass is 370 g/mol. The molecular formula is C22H30N2O3. The van der Waals surface area contributed by atoms with Crippen LogP contribution >= 0.6 is 0 Å². The molecule has 0 radical (unpaired) electrons. The van der Waals surface area contributed by atoms with E-state index >= 15 is 0 Å². The molecule has 1 heterocycles. The van der Waals surface area contributed by atoms with Crippen LogP contribution in [0, 0.1) is 11.3 Å². The minimum absolute atomic E-state index is 0.323. The highest BCUT2D eigenvalue weighted by Crippen LogP contribution is 2.29. The third-order valence-electron chi connectivity index (χ3n) is 5.60. The summed E-state index contributed by atoms with van der Waals surface area (Å²) in [5.74, 6) is -0.690. The van der Waals surface area contributed by atoms with Crippen molar-refractivity contribution in [2.24, 2.45) is 11.3 Å². The number of benzene rings is 1. The average molecular weight is 370 g/mol. The van der Waals surface area contributed by atoms with Crippen LogP contribution < -0.4 is 5.32 Å². The van der Waals surface area contributed by atoms with E-state index in [9.17, 15) is 14.7 Å². The lowest BCUT2D eigenvalue weighted by Crippen LogP contribution is -2.49. The molecule has 0 spiro atoms. The number of nitrogens with one attached hydrogen (secondary N) is 1. The second kappa shape index (κ2) is 7.75. The van der Waals surface area contributed by atoms with Gasteiger partial charge in [0.2, 0.25) is 0 Å². The van der Waals surface area contributed by atoms with Gasteiger partial charge in [-0.1, -0.05) is 58.2 Å². The number of aromatic nitrogens is 1. The van der Waals surface area contributed by atoms with Crippen LogP contribution in [0.1, 0.15) is 63.2 Å². The predicted octanol–water partition coefficient (Wildman–Crippen LogP) is 4.45. The van der Waals surface area contributed by atoms with Gasteiger partial charge in [-0.3, -0.25) is 4.79 Å². The first-order chi connectivity index (χ1) is 12.8. The van der Waals surface area contributed by atoms with Crippen LogP contribution in [0.15, 0.2) is 30.5 Å². The first-order valence-corrected chi connectivity index (χ1v) is 9.89. The van der Waals surface area contributed by atoms with E-state index in [4.69, 9.17) is 0 Å². The summed E-state index contributed by atoms with van der Waals surface area (Å²) < 4.78 is 2.17. The SMILES string of the molecule is CC(C)(C)C(NC(=O)c1cn(CC2CCCCC2)c2ccccc12)C(=O)O. The number of hydrogen-bond donors (Lipinski definition) is 2. The molecule has 1 saturated carbocycles. The summed E-state index contributed by atoms with van der Waals surface area (Å²) in [4.78, 5) is 24.6. The average Bonchev–Trinajstić information content (AvgIpc) is 2.98. The highest BCUT2D eigenvalue weighted by atomic mass is 16.4. The van der Waals surface area contributed by atoms with E-state index in [-0.39, 0.29) is 5.91 Å². The van der Waals surface area contributed by atoms with Gasteiger partial charge in [0.25, 0.3) is 5.91 Å². The molecule has 2 aromatic rings. The van der Waals surface area contributed by atoms with Gasteiger partial charge in [-0.2, -0.15) is 0 Å². The Hall–Kier alpha value is -2.30. The molecule has 1 aliphatic carbocycles. The molecule has 0 aliphatic heterocycles. The van der Waals surface area contributed by atoms with Crippen molar-refractivity contribution >= 4 is 22.8 Å². The van der Waals surface area contributed by atoms with Gasteiger partial charge in [0.15, 0.2) is 0 Å². The quantitative estimate of drug-likeness (QED) is 0.817. The number of carbonyl (C=O) groups is 2. The van der Waals surface area contributed by atoms with Gasteiger partial charge in [-0.05, 0) is 30.2 Å². The van der Waals surface area contributed by atoms with Gasteiger partial charge in [0.05, 0.1) is 5.56 Å². The standard InChI is InChI=1S/C22H30N2O3/c1-22(2,3)19(21(26)27)23-20(25)17-14-24(13-15-9-5-4-6-10-15)18-12-8-7-11-16(17)18/h7-8,11-12,14-15,19H,4-6,9-10,13H2,1-3H3,(H,23,25)(H,26,27). The number of aliphatic carboxylic acids is 1. The van der Waals surface area contributed by atoms with Crippen LogP contribution in [0.25, 0.3) is 10.9 Å². The van der Waals surface area contributed by atoms with Crippen LogP contribution in [-0.2, 0) is 11.3 Å². The Labute approximate surface area is 160 Å². The van der Waals surface area contributed by atoms with Gasteiger partial charge in [-0.15, -0.1) is 0 Å². The van der Waals surface area contributed by atoms with Crippen molar-refractivity contribution < 1.29 is 14.7 Å². The van der Waals surface area contributed by atoms with E-state index < -0.39 is 17.4 Å². The number of nitrogens with zero attached hydrogens (tertiary/aromatic N) is 1. The molecule has 1 unspecified atom stereocenters. The summed E-state index contributed by atoms with van der Waals surface area (Å²) in [6, 6.07) is 6.94. The Morgan fingerprint density at radius 1 is 1.19 bits per heavy atom. The van der Waals surface area contributed by atoms with E-state index in [2.05, 4.69) is 9.88 Å². The summed E-state index contributed by atoms with van der Waals surface area (Å²) >= 11 is 0. The van der Waals surface area contributed by atoms with Gasteiger partial charge in [-0.25, -0.2) is 4.79 Å². The van der Waals surface area contributed by atoms with Crippen molar-refractivity contribution in [3.63, 3.8) is 0 Å². The fourth-order valence-corrected chi connectivity index (χ4v) is 4.08. The molecule has 2 N–H and O–H groups in total. The van der Waals surface area contributed by atoms with E-state index in [1.54, 1.807) is 0 Å². The van der Waals surface area contributed by atoms with Gasteiger partial charge < -0.3 is 15.0 Å². The molecule has 1 aromatic carbocycles. The second-order valence-electron chi connectivity index (χ2n) is 8.83. The molecule has 3 rings (SSSR count). The molecule has 1 aliphatic rings. The third kappa shape index (κ3) is 4.34. The number of carboxylic acid groups (broad SMARTS) is 1. The highest BCUT2D eigenvalue weighted by molar-refractivity contribution is 6.08. The van der Waals surface area contributed by atoms with E-state index in [1.165, 1.54) is 32.1 Å². The van der Waals surface area contributed by atoms with Crippen LogP contribution in [0.4, 0.5) is 0 Å². The number of amides is 1. The summed E-state index contributed by atoms with van der Waals surface area (Å²) in [5.41, 5.74) is 1.02. The normalized spacial score (nSPS) is 17.0. The zero-order valence-electron chi connectivity index (χ0n) is 16.5. The first-order valence-electron chi connectivity index (χ1n) is 9.89. The van der Waals surface area contributed by atoms with Crippen molar-refractivity contribution in [1.29, 1.82) is 0 Å². The highest BCUT2D eigenvalue weighted by Gasteiger charge is 2.33. The lowest BCUT2D eigenvalue weighted by molar-refractivity contribution is -0.142. The van der Waals surface area contributed by atoms with Crippen molar-refractivity contribution in [1.82, 2.24) is 9.88 Å². The van der Waals surface area contributed by atoms with Crippen LogP contribution in [0.3, 0.4) is 0 Å². The number of fused-ring (bicyclic) bond motifs is 1. The summed E-state index contributed by atoms with van der Waals surface area (Å²) in [7, 11) is 0. The van der Waals surface area contributed by atoms with Gasteiger partial charge >= 0.3 is 5.97 Å². The molecule has 1 atom stereocenters. The van der Waals surface area contributed by atoms with Gasteiger partial charge in [0.1, 0.15) is 6.04 Å². The van der Waals surface area contributed by atoms with E-state index in [1.807, 2.05) is 51.2 Å². The van der Waals surface area contributed by atoms with E-state index in [0.717, 1.165) is 17.4 Å². The molecule has 0 bridgehead atoms. The first kappa shape index (κ1) is 19.5. The lowest BCUT2D eigenvalue weighted by Gasteiger charge is -2.27. The molecule has 27 heavy (non-hydrogen) atoms. The minimum Gasteiger partial charge on any atom is -0.480 e. The molecule has 1 amide bonds. The Bertz CT molecular complexity index is 826. The molecule has 5 nitrogen and oxygen atoms in total. The fourth-order valence-electron chi connectivity index (χ4n) is 4.08. The van der Waals surface area contributed by atoms with E-state index in [0.29, 0.717) is 11.5 Å². The molecular weight excluding hydrogens is 340 g/mol. The predicted molar refractivity (Wildman–Crippen MR) is 107 cm³/mol. The maximum absolute atomic E-state index is 12.9. The molecule has 1 fully saturated rings. The zero-order chi connectivity index (χ0) is 19.6. The molecule has 0 saturated heterocycles. The van der Waals surface area contributed by atoms with Crippen LogP contribution in [-0.4, -0.2) is 27.6 Å². The number of rotatable bonds is 5. The van der Waals surface area contributed by atoms with Crippen LogP contribution in [0.5, 0.6) is 0 Å². The maximum atomic E-state index is 12.9. The van der Waals surface area contributed by atoms with Crippen LogP contribution in [0.2, 0.25) is 0 Å². The Kier molecular flexibility index (Phi) is 5.59. The maximum Gasteiger partial charge on any atom is 0.326 e. The number of para-hydroxylation sites is 1. The zero-order valence-corrected chi connectivity index (χ0v) is 16.5. The van der Waals surface area contributed by atoms with Crippen molar-refractivity contribution in [2.45, 2.75) is 65.5 Å². The number of carbonyl (C=O) groups excluding carboxylic acids is 1. The molecule has 1 aromatic heterocycles. The Balaban J connectivity index is 1.89. The second-order valence-corrected chi connectivity index (χ2v) is 8.83. The topological polar surface area (TPSA) is 71.3 Å². The molecule has 146 valence electrons. The largest absolute Gasteiger partial charge is 0.480 e. The van der Waals surface area contributed by atoms with Crippen molar-refractivity contribution in [2.75, 3.05) is 0 Å². The Morgan fingerprint density at radius 3 is 2.48 bits per heavy atom. The summed E-state index contributed by atoms with van der Waals surface area (Å²) in [6.45, 7) is 6.37. The minimum atomic E-state index is -1.01. The number of carboxylic acids is 1. The van der Waals surface area contributed by atoms with Crippen molar-refractivity contribution in [3.8, 4) is 0 Å². The van der Waals surface area contributed by atoms with Gasteiger partial charge in [0, 0.05) is 23.6 Å². The number of hydrogen-bond acceptors (Lipinski definition) is 2.